The summed E-state index contributed by atoms with van der Waals surface area (Å²) in [5.41, 5.74) is 3.21. The van der Waals surface area contributed by atoms with Gasteiger partial charge in [0.1, 0.15) is 12.4 Å². The Hall–Kier alpha value is -2.51. The normalized spacial score (nSPS) is 14.6. The van der Waals surface area contributed by atoms with Crippen LogP contribution in [0.25, 0.3) is 0 Å². The number of rotatable bonds is 7. The van der Waals surface area contributed by atoms with Crippen molar-refractivity contribution in [1.82, 2.24) is 9.21 Å². The second-order valence-electron chi connectivity index (χ2n) is 8.03. The predicted octanol–water partition coefficient (Wildman–Crippen LogP) is 4.85. The minimum Gasteiger partial charge on any atom is -0.593 e. The molecule has 0 aromatic heterocycles. The monoisotopic (exact) mass is 482 g/mol. The van der Waals surface area contributed by atoms with Crippen molar-refractivity contribution in [2.24, 2.45) is 0 Å². The topological polar surface area (TPSA) is 55.8 Å². The number of halogens is 1. The smallest absolute Gasteiger partial charge is 0.219 e. The van der Waals surface area contributed by atoms with Crippen LogP contribution in [0.15, 0.2) is 77.7 Å². The van der Waals surface area contributed by atoms with Crippen LogP contribution >= 0.6 is 11.6 Å². The van der Waals surface area contributed by atoms with Crippen LogP contribution in [0.2, 0.25) is 5.02 Å². The molecule has 0 fully saturated rings. The summed E-state index contributed by atoms with van der Waals surface area (Å²) < 4.78 is 20.9. The Kier molecular flexibility index (Phi) is 7.93. The van der Waals surface area contributed by atoms with Gasteiger partial charge in [-0.1, -0.05) is 48.0 Å². The molecule has 0 saturated heterocycles. The Morgan fingerprint density at radius 3 is 2.58 bits per heavy atom. The van der Waals surface area contributed by atoms with Crippen molar-refractivity contribution in [2.45, 2.75) is 31.3 Å². The molecule has 0 aliphatic carbocycles. The molecule has 3 aromatic rings. The summed E-state index contributed by atoms with van der Waals surface area (Å²) in [7, 11) is 0. The molecule has 0 saturated carbocycles. The summed E-state index contributed by atoms with van der Waals surface area (Å²) in [6, 6.07) is 23.3. The highest BCUT2D eigenvalue weighted by atomic mass is 35.5. The summed E-state index contributed by atoms with van der Waals surface area (Å²) in [5, 5.41) is 0.618. The summed E-state index contributed by atoms with van der Waals surface area (Å²) in [6.45, 7) is 4.30. The quantitative estimate of drug-likeness (QED) is 0.452. The lowest BCUT2D eigenvalue weighted by Crippen LogP contribution is -2.32. The lowest BCUT2D eigenvalue weighted by molar-refractivity contribution is -0.129. The van der Waals surface area contributed by atoms with Crippen LogP contribution in [0.1, 0.15) is 23.6 Å². The van der Waals surface area contributed by atoms with Crippen molar-refractivity contribution in [3.05, 3.63) is 94.5 Å². The van der Waals surface area contributed by atoms with Crippen molar-refractivity contribution in [1.29, 1.82) is 0 Å². The molecular weight excluding hydrogens is 456 g/mol. The van der Waals surface area contributed by atoms with Crippen LogP contribution in [0.3, 0.4) is 0 Å². The predicted molar refractivity (Wildman–Crippen MR) is 131 cm³/mol. The van der Waals surface area contributed by atoms with Crippen LogP contribution in [0.5, 0.6) is 5.75 Å². The molecule has 7 heteroatoms. The molecule has 0 spiro atoms. The van der Waals surface area contributed by atoms with Gasteiger partial charge in [0.2, 0.25) is 5.91 Å². The third-order valence-electron chi connectivity index (χ3n) is 5.65. The number of amides is 1. The molecule has 3 aromatic carbocycles. The van der Waals surface area contributed by atoms with E-state index in [0.29, 0.717) is 42.7 Å². The second kappa shape index (κ2) is 11.1. The molecule has 0 radical (unpaired) electrons. The third-order valence-corrected chi connectivity index (χ3v) is 7.36. The number of nitrogens with zero attached hydrogens (tertiary/aromatic N) is 2. The van der Waals surface area contributed by atoms with Crippen LogP contribution < -0.4 is 4.74 Å². The fourth-order valence-corrected chi connectivity index (χ4v) is 5.13. The Balaban J connectivity index is 1.47. The van der Waals surface area contributed by atoms with Gasteiger partial charge < -0.3 is 14.2 Å². The number of hydrogen-bond donors (Lipinski definition) is 0. The first kappa shape index (κ1) is 23.6. The average molecular weight is 483 g/mol. The molecule has 1 atom stereocenters. The molecule has 1 aliphatic rings. The Labute approximate surface area is 203 Å². The maximum atomic E-state index is 13.1. The van der Waals surface area contributed by atoms with Crippen LogP contribution in [-0.2, 0) is 35.7 Å². The maximum Gasteiger partial charge on any atom is 0.219 e. The van der Waals surface area contributed by atoms with Gasteiger partial charge in [0.15, 0.2) is 4.90 Å². The molecule has 0 bridgehead atoms. The van der Waals surface area contributed by atoms with Crippen molar-refractivity contribution >= 4 is 28.9 Å². The van der Waals surface area contributed by atoms with E-state index in [0.717, 1.165) is 23.3 Å². The van der Waals surface area contributed by atoms with Crippen LogP contribution in [0.4, 0.5) is 0 Å². The Morgan fingerprint density at radius 2 is 1.85 bits per heavy atom. The highest BCUT2D eigenvalue weighted by molar-refractivity contribution is 7.89. The Bertz CT molecular complexity index is 1080. The molecule has 1 aliphatic heterocycles. The lowest BCUT2D eigenvalue weighted by Gasteiger charge is -2.23. The van der Waals surface area contributed by atoms with Gasteiger partial charge in [-0.2, -0.15) is 0 Å². The van der Waals surface area contributed by atoms with E-state index in [9.17, 15) is 9.35 Å². The number of carbonyl (C=O) groups excluding carboxylic acids is 1. The average Bonchev–Trinajstić information content (AvgIpc) is 3.04. The summed E-state index contributed by atoms with van der Waals surface area (Å²) in [5.74, 6) is 0.843. The number of ether oxygens (including phenoxy) is 1. The molecule has 4 rings (SSSR count). The molecule has 1 unspecified atom stereocenters. The molecule has 33 heavy (non-hydrogen) atoms. The third kappa shape index (κ3) is 6.30. The number of hydrogen-bond acceptors (Lipinski definition) is 4. The van der Waals surface area contributed by atoms with Crippen LogP contribution in [-0.4, -0.2) is 39.4 Å². The Morgan fingerprint density at radius 1 is 1.09 bits per heavy atom. The zero-order valence-electron chi connectivity index (χ0n) is 18.6. The van der Waals surface area contributed by atoms with Gasteiger partial charge in [-0.3, -0.25) is 4.79 Å². The van der Waals surface area contributed by atoms with E-state index < -0.39 is 11.4 Å². The summed E-state index contributed by atoms with van der Waals surface area (Å²) in [6.07, 6.45) is 0.808. The molecular formula is C26H27ClN2O3S. The van der Waals surface area contributed by atoms with E-state index in [2.05, 4.69) is 18.2 Å². The minimum absolute atomic E-state index is 0.0441. The first-order chi connectivity index (χ1) is 16.0. The van der Waals surface area contributed by atoms with E-state index in [1.165, 1.54) is 5.56 Å². The van der Waals surface area contributed by atoms with Crippen LogP contribution in [0, 0.1) is 0 Å². The number of carbonyl (C=O) groups is 1. The minimum atomic E-state index is -1.32. The molecule has 1 heterocycles. The summed E-state index contributed by atoms with van der Waals surface area (Å²) >= 11 is 4.66. The van der Waals surface area contributed by atoms with Gasteiger partial charge in [-0.05, 0) is 53.9 Å². The first-order valence-corrected chi connectivity index (χ1v) is 12.4. The van der Waals surface area contributed by atoms with Crippen molar-refractivity contribution < 1.29 is 14.1 Å². The molecule has 0 N–H and O–H groups in total. The second-order valence-corrected chi connectivity index (χ2v) is 9.96. The zero-order valence-corrected chi connectivity index (χ0v) is 20.1. The van der Waals surface area contributed by atoms with E-state index in [1.807, 2.05) is 39.5 Å². The highest BCUT2D eigenvalue weighted by Gasteiger charge is 2.27. The van der Waals surface area contributed by atoms with E-state index in [4.69, 9.17) is 16.3 Å². The fraction of sp³-hybridized carbons (Fsp3) is 0.269. The maximum absolute atomic E-state index is 13.1. The molecule has 172 valence electrons. The lowest BCUT2D eigenvalue weighted by atomic mass is 10.1. The number of fused-ring (bicyclic) bond motifs is 1. The molecule has 5 nitrogen and oxygen atoms in total. The fourth-order valence-electron chi connectivity index (χ4n) is 3.84. The zero-order chi connectivity index (χ0) is 23.2. The van der Waals surface area contributed by atoms with Gasteiger partial charge in [-0.25, -0.2) is 0 Å². The standard InChI is InChI=1S/C26H27ClN2O3S/c1-20(30)28(14-13-21-5-3-2-4-6-21)18-22-7-12-26-23(17-22)19-29(15-16-32-26)33(31)25-10-8-24(27)9-11-25/h2-12,17H,13-16,18-19H2,1H3. The first-order valence-electron chi connectivity index (χ1n) is 11.0. The van der Waals surface area contributed by atoms with Gasteiger partial charge in [0, 0.05) is 30.6 Å². The highest BCUT2D eigenvalue weighted by Crippen LogP contribution is 2.28. The van der Waals surface area contributed by atoms with Gasteiger partial charge in [0.05, 0.1) is 24.5 Å². The van der Waals surface area contributed by atoms with Gasteiger partial charge in [-0.15, -0.1) is 4.31 Å². The molecule has 1 amide bonds. The summed E-state index contributed by atoms with van der Waals surface area (Å²) in [4.78, 5) is 14.8. The van der Waals surface area contributed by atoms with Crippen molar-refractivity contribution in [2.75, 3.05) is 19.7 Å². The van der Waals surface area contributed by atoms with Crippen molar-refractivity contribution in [3.8, 4) is 5.75 Å². The SMILES string of the molecule is CC(=O)N(CCc1ccccc1)Cc1ccc2c(c1)CN([S+]([O-])c1ccc(Cl)cc1)CCO2. The number of benzene rings is 3. The largest absolute Gasteiger partial charge is 0.593 e. The van der Waals surface area contributed by atoms with E-state index in [1.54, 1.807) is 31.2 Å². The van der Waals surface area contributed by atoms with E-state index >= 15 is 0 Å². The van der Waals surface area contributed by atoms with Crippen molar-refractivity contribution in [3.63, 3.8) is 0 Å². The van der Waals surface area contributed by atoms with Gasteiger partial charge in [0.25, 0.3) is 0 Å². The van der Waals surface area contributed by atoms with E-state index in [-0.39, 0.29) is 5.91 Å². The van der Waals surface area contributed by atoms with Gasteiger partial charge >= 0.3 is 0 Å².